The first-order valence-corrected chi connectivity index (χ1v) is 15.7. The molecule has 0 unspecified atom stereocenters. The van der Waals surface area contributed by atoms with Gasteiger partial charge in [0.1, 0.15) is 11.6 Å². The Hall–Kier alpha value is -2.22. The third kappa shape index (κ3) is 3.12. The molecule has 8 rings (SSSR count). The molecule has 0 aromatic heterocycles. The number of ketones is 2. The summed E-state index contributed by atoms with van der Waals surface area (Å²) in [5.74, 6) is 4.98. The molecule has 2 aromatic rings. The van der Waals surface area contributed by atoms with E-state index in [-0.39, 0.29) is 10.8 Å². The molecular weight excluding hydrogens is 464 g/mol. The summed E-state index contributed by atoms with van der Waals surface area (Å²) in [6, 6.07) is 14.7. The Morgan fingerprint density at radius 3 is 1.47 bits per heavy atom. The van der Waals surface area contributed by atoms with Crippen LogP contribution in [0.15, 0.2) is 36.4 Å². The number of rotatable bonds is 1. The van der Waals surface area contributed by atoms with Crippen molar-refractivity contribution in [2.75, 3.05) is 0 Å². The molecule has 6 aliphatic carbocycles. The zero-order valence-corrected chi connectivity index (χ0v) is 23.2. The van der Waals surface area contributed by atoms with E-state index in [2.05, 4.69) is 50.2 Å². The lowest BCUT2D eigenvalue weighted by molar-refractivity contribution is -0.130. The lowest BCUT2D eigenvalue weighted by Gasteiger charge is -2.48. The average Bonchev–Trinajstić information content (AvgIpc) is 3.42. The van der Waals surface area contributed by atoms with Gasteiger partial charge >= 0.3 is 0 Å². The second-order valence-corrected chi connectivity index (χ2v) is 14.5. The summed E-state index contributed by atoms with van der Waals surface area (Å²) < 4.78 is 0. The molecule has 2 heteroatoms. The molecule has 2 aromatic carbocycles. The van der Waals surface area contributed by atoms with Crippen molar-refractivity contribution in [3.05, 3.63) is 58.7 Å². The molecule has 0 saturated heterocycles. The fourth-order valence-corrected chi connectivity index (χ4v) is 11.1. The second kappa shape index (κ2) is 8.15. The highest BCUT2D eigenvalue weighted by Gasteiger charge is 2.55. The molecule has 0 N–H and O–H groups in total. The van der Waals surface area contributed by atoms with Crippen LogP contribution in [0.3, 0.4) is 0 Å². The number of benzene rings is 2. The Bertz CT molecular complexity index is 1250. The number of hydrogen-bond donors (Lipinski definition) is 0. The number of Topliss-reactive ketones (excluding diaryl/α,β-unsaturated/α-hetero) is 2. The van der Waals surface area contributed by atoms with E-state index in [1.165, 1.54) is 49.7 Å². The summed E-state index contributed by atoms with van der Waals surface area (Å²) in [5, 5.41) is 0. The zero-order chi connectivity index (χ0) is 25.8. The highest BCUT2D eigenvalue weighted by molar-refractivity contribution is 5.87. The number of fused-ring (bicyclic) bond motifs is 10. The molecule has 38 heavy (non-hydrogen) atoms. The SMILES string of the molecule is C[C@]12CC[C@@H]3c4ccc(-c5ccc6c(c5)CC[C@@H]5[C@@H]6CC[C@]6(C)C(=O)CC[C@@H]56)cc4CC[C@H]3[C@@H]1CCC2=O. The topological polar surface area (TPSA) is 34.1 Å². The van der Waals surface area contributed by atoms with Crippen LogP contribution in [-0.4, -0.2) is 11.6 Å². The van der Waals surface area contributed by atoms with Crippen molar-refractivity contribution in [1.29, 1.82) is 0 Å². The van der Waals surface area contributed by atoms with Crippen molar-refractivity contribution in [2.24, 2.45) is 34.5 Å². The van der Waals surface area contributed by atoms with Gasteiger partial charge in [-0.25, -0.2) is 0 Å². The summed E-state index contributed by atoms with van der Waals surface area (Å²) in [6.45, 7) is 4.55. The zero-order valence-electron chi connectivity index (χ0n) is 23.2. The van der Waals surface area contributed by atoms with Gasteiger partial charge in [0.25, 0.3) is 0 Å². The minimum atomic E-state index is -0.0367. The predicted octanol–water partition coefficient (Wildman–Crippen LogP) is 8.20. The number of carbonyl (C=O) groups is 2. The van der Waals surface area contributed by atoms with Crippen molar-refractivity contribution in [1.82, 2.24) is 0 Å². The molecule has 0 aliphatic heterocycles. The molecule has 4 saturated carbocycles. The lowest BCUT2D eigenvalue weighted by atomic mass is 9.55. The maximum atomic E-state index is 12.7. The highest BCUT2D eigenvalue weighted by atomic mass is 16.1. The van der Waals surface area contributed by atoms with Crippen molar-refractivity contribution in [3.63, 3.8) is 0 Å². The van der Waals surface area contributed by atoms with E-state index in [0.29, 0.717) is 47.1 Å². The van der Waals surface area contributed by atoms with Crippen LogP contribution in [0, 0.1) is 34.5 Å². The lowest BCUT2D eigenvalue weighted by Crippen LogP contribution is -2.42. The first-order chi connectivity index (χ1) is 18.4. The van der Waals surface area contributed by atoms with Gasteiger partial charge in [-0.2, -0.15) is 0 Å². The van der Waals surface area contributed by atoms with Crippen LogP contribution >= 0.6 is 0 Å². The van der Waals surface area contributed by atoms with Gasteiger partial charge in [-0.15, -0.1) is 0 Å². The second-order valence-electron chi connectivity index (χ2n) is 14.5. The molecule has 4 fully saturated rings. The van der Waals surface area contributed by atoms with E-state index in [1.54, 1.807) is 22.3 Å². The highest BCUT2D eigenvalue weighted by Crippen LogP contribution is 2.61. The molecule has 0 heterocycles. The molecule has 0 spiro atoms. The van der Waals surface area contributed by atoms with Gasteiger partial charge in [0.05, 0.1) is 0 Å². The minimum absolute atomic E-state index is 0.0367. The Morgan fingerprint density at radius 1 is 0.579 bits per heavy atom. The van der Waals surface area contributed by atoms with Gasteiger partial charge in [0, 0.05) is 23.7 Å². The summed E-state index contributed by atoms with van der Waals surface area (Å²) in [6.07, 6.45) is 13.2. The standard InChI is InChI=1S/C36H42O2/c1-35-17-15-27-25-7-3-21(19-23(25)5-9-29(27)31(35)11-13-33(35)37)22-4-8-26-24(20-22)6-10-30-28(26)16-18-36(2)32(30)12-14-34(36)38/h3-4,7-8,19-20,27-32H,5-6,9-18H2,1-2H3/t27-,28-,29-,30-,31+,32+,35+,36+/m1/s1. The third-order valence-electron chi connectivity index (χ3n) is 13.2. The Morgan fingerprint density at radius 2 is 1.03 bits per heavy atom. The van der Waals surface area contributed by atoms with E-state index >= 15 is 0 Å². The van der Waals surface area contributed by atoms with E-state index in [9.17, 15) is 9.59 Å². The van der Waals surface area contributed by atoms with Crippen LogP contribution in [0.2, 0.25) is 0 Å². The van der Waals surface area contributed by atoms with E-state index < -0.39 is 0 Å². The summed E-state index contributed by atoms with van der Waals surface area (Å²) in [7, 11) is 0. The fourth-order valence-electron chi connectivity index (χ4n) is 11.1. The Kier molecular flexibility index (Phi) is 5.07. The van der Waals surface area contributed by atoms with Crippen molar-refractivity contribution in [2.45, 2.75) is 103 Å². The molecule has 6 aliphatic rings. The van der Waals surface area contributed by atoms with Crippen LogP contribution in [-0.2, 0) is 22.4 Å². The van der Waals surface area contributed by atoms with E-state index in [0.717, 1.165) is 38.5 Å². The van der Waals surface area contributed by atoms with Crippen molar-refractivity contribution >= 4 is 11.6 Å². The van der Waals surface area contributed by atoms with Gasteiger partial charge < -0.3 is 0 Å². The normalized spacial score (nSPS) is 41.0. The van der Waals surface area contributed by atoms with Gasteiger partial charge in [0.2, 0.25) is 0 Å². The molecule has 0 radical (unpaired) electrons. The summed E-state index contributed by atoms with van der Waals surface area (Å²) in [4.78, 5) is 25.4. The van der Waals surface area contributed by atoms with Crippen LogP contribution in [0.4, 0.5) is 0 Å². The van der Waals surface area contributed by atoms with E-state index in [4.69, 9.17) is 0 Å². The molecule has 198 valence electrons. The molecule has 0 amide bonds. The number of aryl methyl sites for hydroxylation is 2. The average molecular weight is 507 g/mol. The number of hydrogen-bond acceptors (Lipinski definition) is 2. The maximum absolute atomic E-state index is 12.7. The summed E-state index contributed by atoms with van der Waals surface area (Å²) >= 11 is 0. The summed E-state index contributed by atoms with van der Waals surface area (Å²) in [5.41, 5.74) is 8.98. The van der Waals surface area contributed by atoms with Crippen LogP contribution in [0.25, 0.3) is 11.1 Å². The Labute approximate surface area is 228 Å². The largest absolute Gasteiger partial charge is 0.299 e. The number of carbonyl (C=O) groups excluding carboxylic acids is 2. The van der Waals surface area contributed by atoms with E-state index in [1.807, 2.05) is 0 Å². The van der Waals surface area contributed by atoms with Crippen molar-refractivity contribution in [3.8, 4) is 11.1 Å². The molecule has 0 bridgehead atoms. The quantitative estimate of drug-likeness (QED) is 0.391. The van der Waals surface area contributed by atoms with Gasteiger partial charge in [-0.05, 0) is 133 Å². The molecule has 8 atom stereocenters. The minimum Gasteiger partial charge on any atom is -0.299 e. The maximum Gasteiger partial charge on any atom is 0.139 e. The van der Waals surface area contributed by atoms with Crippen LogP contribution < -0.4 is 0 Å². The van der Waals surface area contributed by atoms with Gasteiger partial charge in [-0.1, -0.05) is 50.2 Å². The molecular formula is C36H42O2. The monoisotopic (exact) mass is 506 g/mol. The predicted molar refractivity (Wildman–Crippen MR) is 151 cm³/mol. The first kappa shape index (κ1) is 23.6. The molecule has 2 nitrogen and oxygen atoms in total. The van der Waals surface area contributed by atoms with Crippen molar-refractivity contribution < 1.29 is 9.59 Å². The van der Waals surface area contributed by atoms with Crippen LogP contribution in [0.5, 0.6) is 0 Å². The smallest absolute Gasteiger partial charge is 0.139 e. The van der Waals surface area contributed by atoms with Gasteiger partial charge in [-0.3, -0.25) is 9.59 Å². The van der Waals surface area contributed by atoms with Crippen LogP contribution in [0.1, 0.15) is 112 Å². The Balaban J connectivity index is 1.07. The fraction of sp³-hybridized carbons (Fsp3) is 0.611. The van der Waals surface area contributed by atoms with Gasteiger partial charge in [0.15, 0.2) is 0 Å². The third-order valence-corrected chi connectivity index (χ3v) is 13.2. The first-order valence-electron chi connectivity index (χ1n) is 15.7.